The fourth-order valence-corrected chi connectivity index (χ4v) is 8.27. The molecule has 1 amide bonds. The smallest absolute Gasteiger partial charge is 0.423 e. The first-order chi connectivity index (χ1) is 22.0. The van der Waals surface area contributed by atoms with E-state index in [2.05, 4.69) is 6.92 Å². The van der Waals surface area contributed by atoms with Crippen molar-refractivity contribution in [3.8, 4) is 16.9 Å². The SMILES string of the molecule is CCCCCCc1cc2c(c(-c3ccc(OC)cc3)c1)CC(C(F)(F)F)(P(=O)(OCC)OCC)N(C(=O)OCc1ccccc1)C2. The van der Waals surface area contributed by atoms with E-state index in [9.17, 15) is 9.36 Å². The van der Waals surface area contributed by atoms with Crippen LogP contribution in [0.5, 0.6) is 5.75 Å². The van der Waals surface area contributed by atoms with Crippen LogP contribution in [0.15, 0.2) is 66.7 Å². The Morgan fingerprint density at radius 1 is 0.913 bits per heavy atom. The van der Waals surface area contributed by atoms with Crippen molar-refractivity contribution in [3.63, 3.8) is 0 Å². The highest BCUT2D eigenvalue weighted by Crippen LogP contribution is 2.69. The predicted molar refractivity (Wildman–Crippen MR) is 172 cm³/mol. The van der Waals surface area contributed by atoms with E-state index in [1.54, 1.807) is 54.6 Å². The molecular formula is C35H43F3NO6P. The lowest BCUT2D eigenvalue weighted by Crippen LogP contribution is -2.64. The third kappa shape index (κ3) is 7.45. The number of nitrogens with zero attached hydrogens (tertiary/aromatic N) is 1. The van der Waals surface area contributed by atoms with E-state index in [0.29, 0.717) is 38.5 Å². The maximum atomic E-state index is 15.8. The number of hydrogen-bond acceptors (Lipinski definition) is 6. The number of halogens is 3. The standard InChI is InChI=1S/C35H43F3NO6P/c1-5-8-9-11-16-27-21-29-24-39(33(40)43-25-26-14-12-10-13-15-26)34(35(36,37)38,46(41,44-6-2)45-7-3)23-32(29)31(22-27)28-17-19-30(42-4)20-18-28/h10,12-15,17-22H,5-9,11,16,23-25H2,1-4H3. The van der Waals surface area contributed by atoms with Crippen LogP contribution in [0.3, 0.4) is 0 Å². The third-order valence-electron chi connectivity index (χ3n) is 8.25. The van der Waals surface area contributed by atoms with Gasteiger partial charge in [0.1, 0.15) is 12.4 Å². The van der Waals surface area contributed by atoms with Crippen molar-refractivity contribution in [1.82, 2.24) is 4.90 Å². The molecule has 0 saturated heterocycles. The number of ether oxygens (including phenoxy) is 2. The van der Waals surface area contributed by atoms with Gasteiger partial charge in [0.05, 0.1) is 26.9 Å². The number of benzene rings is 3. The van der Waals surface area contributed by atoms with Gasteiger partial charge in [-0.15, -0.1) is 0 Å². The molecule has 250 valence electrons. The first-order valence-electron chi connectivity index (χ1n) is 15.8. The van der Waals surface area contributed by atoms with Crippen molar-refractivity contribution in [1.29, 1.82) is 0 Å². The molecule has 1 heterocycles. The van der Waals surface area contributed by atoms with Crippen LogP contribution in [0, 0.1) is 0 Å². The van der Waals surface area contributed by atoms with Crippen LogP contribution in [0.25, 0.3) is 11.1 Å². The number of alkyl halides is 3. The van der Waals surface area contributed by atoms with Crippen molar-refractivity contribution in [2.24, 2.45) is 0 Å². The molecule has 3 aromatic carbocycles. The summed E-state index contributed by atoms with van der Waals surface area (Å²) in [6.45, 7) is 3.60. The lowest BCUT2D eigenvalue weighted by atomic mass is 9.84. The molecular weight excluding hydrogens is 618 g/mol. The Morgan fingerprint density at radius 3 is 2.17 bits per heavy atom. The third-order valence-corrected chi connectivity index (χ3v) is 11.0. The zero-order valence-corrected chi connectivity index (χ0v) is 27.8. The Labute approximate surface area is 269 Å². The lowest BCUT2D eigenvalue weighted by molar-refractivity contribution is -0.206. The lowest BCUT2D eigenvalue weighted by Gasteiger charge is -2.49. The fourth-order valence-electron chi connectivity index (χ4n) is 5.98. The summed E-state index contributed by atoms with van der Waals surface area (Å²) in [5.74, 6) is 0.600. The highest BCUT2D eigenvalue weighted by atomic mass is 31.2. The van der Waals surface area contributed by atoms with Crippen molar-refractivity contribution >= 4 is 13.7 Å². The molecule has 0 fully saturated rings. The molecule has 1 aliphatic heterocycles. The second-order valence-corrected chi connectivity index (χ2v) is 13.5. The monoisotopic (exact) mass is 661 g/mol. The van der Waals surface area contributed by atoms with Gasteiger partial charge in [-0.1, -0.05) is 80.8 Å². The van der Waals surface area contributed by atoms with Crippen LogP contribution in [0.1, 0.15) is 68.7 Å². The molecule has 0 bridgehead atoms. The molecule has 0 aromatic heterocycles. The second-order valence-electron chi connectivity index (χ2n) is 11.3. The summed E-state index contributed by atoms with van der Waals surface area (Å²) < 4.78 is 83.4. The van der Waals surface area contributed by atoms with Gasteiger partial charge >= 0.3 is 19.9 Å². The maximum absolute atomic E-state index is 15.8. The summed E-state index contributed by atoms with van der Waals surface area (Å²) >= 11 is 0. The first-order valence-corrected chi connectivity index (χ1v) is 17.3. The van der Waals surface area contributed by atoms with Gasteiger partial charge in [0, 0.05) is 6.42 Å². The number of amides is 1. The number of carbonyl (C=O) groups is 1. The van der Waals surface area contributed by atoms with E-state index in [1.807, 2.05) is 12.1 Å². The number of carbonyl (C=O) groups excluding carboxylic acids is 1. The molecule has 0 radical (unpaired) electrons. The number of rotatable bonds is 14. The van der Waals surface area contributed by atoms with Crippen molar-refractivity contribution in [2.75, 3.05) is 20.3 Å². The van der Waals surface area contributed by atoms with E-state index in [-0.39, 0.29) is 19.8 Å². The van der Waals surface area contributed by atoms with Gasteiger partial charge in [0.25, 0.3) is 0 Å². The summed E-state index contributed by atoms with van der Waals surface area (Å²) in [6.07, 6.45) is -2.54. The van der Waals surface area contributed by atoms with Crippen LogP contribution in [-0.4, -0.2) is 42.8 Å². The number of hydrogen-bond donors (Lipinski definition) is 0. The van der Waals surface area contributed by atoms with Crippen molar-refractivity contribution < 1.29 is 41.1 Å². The fraction of sp³-hybridized carbons (Fsp3) is 0.457. The van der Waals surface area contributed by atoms with E-state index in [0.717, 1.165) is 37.7 Å². The van der Waals surface area contributed by atoms with E-state index in [1.165, 1.54) is 21.0 Å². The minimum Gasteiger partial charge on any atom is -0.497 e. The van der Waals surface area contributed by atoms with Crippen LogP contribution in [0.2, 0.25) is 0 Å². The Bertz CT molecular complexity index is 1490. The minimum absolute atomic E-state index is 0.265. The minimum atomic E-state index is -5.23. The zero-order chi connectivity index (χ0) is 33.4. The number of methoxy groups -OCH3 is 1. The van der Waals surface area contributed by atoms with Gasteiger partial charge in [-0.2, -0.15) is 13.2 Å². The molecule has 0 spiro atoms. The van der Waals surface area contributed by atoms with Crippen LogP contribution in [-0.2, 0) is 44.3 Å². The first kappa shape index (κ1) is 35.5. The summed E-state index contributed by atoms with van der Waals surface area (Å²) in [5.41, 5.74) is 3.62. The quantitative estimate of drug-likeness (QED) is 0.127. The van der Waals surface area contributed by atoms with Gasteiger partial charge < -0.3 is 18.5 Å². The van der Waals surface area contributed by atoms with Crippen LogP contribution >= 0.6 is 7.60 Å². The Hall–Kier alpha value is -3.33. The van der Waals surface area contributed by atoms with Crippen molar-refractivity contribution in [3.05, 3.63) is 89.0 Å². The zero-order valence-electron chi connectivity index (χ0n) is 26.9. The summed E-state index contributed by atoms with van der Waals surface area (Å²) in [7, 11) is -3.55. The average molecular weight is 662 g/mol. The van der Waals surface area contributed by atoms with Crippen LogP contribution in [0.4, 0.5) is 18.0 Å². The highest BCUT2D eigenvalue weighted by molar-refractivity contribution is 7.55. The molecule has 0 saturated carbocycles. The molecule has 0 aliphatic carbocycles. The summed E-state index contributed by atoms with van der Waals surface area (Å²) in [5, 5.41) is -3.35. The molecule has 4 rings (SSSR count). The maximum Gasteiger partial charge on any atom is 0.423 e. The van der Waals surface area contributed by atoms with Gasteiger partial charge in [0.2, 0.25) is 5.28 Å². The average Bonchev–Trinajstić information content (AvgIpc) is 3.04. The summed E-state index contributed by atoms with van der Waals surface area (Å²) in [4.78, 5) is 14.3. The topological polar surface area (TPSA) is 74.3 Å². The molecule has 3 aromatic rings. The van der Waals surface area contributed by atoms with Crippen LogP contribution < -0.4 is 4.74 Å². The molecule has 1 aliphatic rings. The highest BCUT2D eigenvalue weighted by Gasteiger charge is 2.74. The van der Waals surface area contributed by atoms with E-state index >= 15 is 13.2 Å². The summed E-state index contributed by atoms with van der Waals surface area (Å²) in [6, 6.07) is 19.5. The Kier molecular flexibility index (Phi) is 12.0. The number of fused-ring (bicyclic) bond motifs is 1. The molecule has 1 unspecified atom stereocenters. The molecule has 46 heavy (non-hydrogen) atoms. The number of aryl methyl sites for hydroxylation is 1. The molecule has 1 atom stereocenters. The largest absolute Gasteiger partial charge is 0.497 e. The van der Waals surface area contributed by atoms with Gasteiger partial charge in [0.15, 0.2) is 0 Å². The van der Waals surface area contributed by atoms with Gasteiger partial charge in [-0.3, -0.25) is 9.46 Å². The van der Waals surface area contributed by atoms with E-state index in [4.69, 9.17) is 18.5 Å². The van der Waals surface area contributed by atoms with Gasteiger partial charge in [-0.25, -0.2) is 4.79 Å². The van der Waals surface area contributed by atoms with Crippen molar-refractivity contribution in [2.45, 2.75) is 83.9 Å². The normalized spacial score (nSPS) is 16.6. The Morgan fingerprint density at radius 2 is 1.59 bits per heavy atom. The second kappa shape index (κ2) is 15.5. The van der Waals surface area contributed by atoms with Gasteiger partial charge in [-0.05, 0) is 72.2 Å². The molecule has 7 nitrogen and oxygen atoms in total. The predicted octanol–water partition coefficient (Wildman–Crippen LogP) is 9.70. The molecule has 0 N–H and O–H groups in total. The Balaban J connectivity index is 1.92. The van der Waals surface area contributed by atoms with E-state index < -0.39 is 38.1 Å². The number of unbranched alkanes of at least 4 members (excludes halogenated alkanes) is 3. The molecule has 11 heteroatoms.